The number of nitrogens with one attached hydrogen (secondary N) is 1. The summed E-state index contributed by atoms with van der Waals surface area (Å²) in [4.78, 5) is 2.82. The highest BCUT2D eigenvalue weighted by Gasteiger charge is 1.87. The number of pyridine rings is 1. The number of hydrogen-bond acceptors (Lipinski definition) is 2. The lowest BCUT2D eigenvalue weighted by Gasteiger charge is -1.98. The summed E-state index contributed by atoms with van der Waals surface area (Å²) in [6, 6.07) is 5.48. The Morgan fingerprint density at radius 2 is 2.40 bits per heavy atom. The fraction of sp³-hybridized carbons (Fsp3) is 0.167. The molecule has 1 aromatic heterocycles. The maximum Gasteiger partial charge on any atom is 0.193 e. The lowest BCUT2D eigenvalue weighted by atomic mass is 10.5. The van der Waals surface area contributed by atoms with E-state index in [9.17, 15) is 0 Å². The summed E-state index contributed by atoms with van der Waals surface area (Å²) in [6.07, 6.45) is 0. The average Bonchev–Trinajstić information content (AvgIpc) is 1.88. The molecule has 1 heterocycles. The zero-order valence-electron chi connectivity index (χ0n) is 5.13. The molecule has 1 rings (SSSR count). The smallest absolute Gasteiger partial charge is 0.193 e. The minimum atomic E-state index is 0.134. The summed E-state index contributed by atoms with van der Waals surface area (Å²) >= 11 is 10.1. The van der Waals surface area contributed by atoms with E-state index in [0.29, 0.717) is 10.5 Å². The van der Waals surface area contributed by atoms with Gasteiger partial charge in [0, 0.05) is 0 Å². The van der Waals surface area contributed by atoms with E-state index in [-0.39, 0.29) is 6.07 Å². The predicted octanol–water partition coefficient (Wildman–Crippen LogP) is 2.32. The largest absolute Gasteiger partial charge is 0.463 e. The predicted molar refractivity (Wildman–Crippen MR) is 43.0 cm³/mol. The van der Waals surface area contributed by atoms with Crippen LogP contribution in [0.5, 0.6) is 5.88 Å². The number of rotatable bonds is 2. The van der Waals surface area contributed by atoms with Gasteiger partial charge in [0.1, 0.15) is 4.64 Å². The first-order valence-electron chi connectivity index (χ1n) is 2.71. The first-order chi connectivity index (χ1) is 4.83. The van der Waals surface area contributed by atoms with Gasteiger partial charge in [-0.1, -0.05) is 29.9 Å². The number of H-pyrrole nitrogens is 1. The zero-order valence-corrected chi connectivity index (χ0v) is 6.71. The minimum Gasteiger partial charge on any atom is -0.463 e. The highest BCUT2D eigenvalue weighted by atomic mass is 35.5. The van der Waals surface area contributed by atoms with Crippen LogP contribution in [0.4, 0.5) is 0 Å². The lowest BCUT2D eigenvalue weighted by Crippen LogP contribution is -1.90. The van der Waals surface area contributed by atoms with Gasteiger partial charge >= 0.3 is 0 Å². The number of alkyl halides is 1. The Morgan fingerprint density at radius 3 is 3.00 bits per heavy atom. The fourth-order valence-corrected chi connectivity index (χ4v) is 0.867. The molecule has 0 unspecified atom stereocenters. The van der Waals surface area contributed by atoms with Crippen molar-refractivity contribution in [2.75, 3.05) is 6.07 Å². The van der Waals surface area contributed by atoms with Gasteiger partial charge in [0.05, 0.1) is 0 Å². The topological polar surface area (TPSA) is 25.0 Å². The van der Waals surface area contributed by atoms with Gasteiger partial charge in [-0.25, -0.2) is 0 Å². The Hall–Kier alpha value is -0.540. The van der Waals surface area contributed by atoms with Gasteiger partial charge < -0.3 is 9.72 Å². The number of aromatic amines is 1. The molecule has 0 atom stereocenters. The highest BCUT2D eigenvalue weighted by Crippen LogP contribution is 2.04. The van der Waals surface area contributed by atoms with Crippen LogP contribution in [0, 0.1) is 4.64 Å². The summed E-state index contributed by atoms with van der Waals surface area (Å²) in [7, 11) is 0. The fourth-order valence-electron chi connectivity index (χ4n) is 0.571. The van der Waals surface area contributed by atoms with Crippen molar-refractivity contribution in [1.82, 2.24) is 4.98 Å². The number of aromatic nitrogens is 1. The van der Waals surface area contributed by atoms with Crippen molar-refractivity contribution >= 4 is 23.8 Å². The van der Waals surface area contributed by atoms with Gasteiger partial charge in [0.25, 0.3) is 0 Å². The number of ether oxygens (including phenoxy) is 1. The Kier molecular flexibility index (Phi) is 2.71. The molecule has 0 amide bonds. The maximum absolute atomic E-state index is 5.31. The molecule has 2 nitrogen and oxygen atoms in total. The standard InChI is InChI=1S/C6H6ClNOS/c7-4-9-5-2-1-3-6(10)8-5/h1-3H,4H2,(H,8,10). The van der Waals surface area contributed by atoms with E-state index in [4.69, 9.17) is 28.6 Å². The van der Waals surface area contributed by atoms with Gasteiger partial charge in [-0.2, -0.15) is 0 Å². The van der Waals surface area contributed by atoms with Crippen LogP contribution >= 0.6 is 23.8 Å². The third-order valence-corrected chi connectivity index (χ3v) is 1.30. The maximum atomic E-state index is 5.31. The summed E-state index contributed by atoms with van der Waals surface area (Å²) in [6.45, 7) is 0. The van der Waals surface area contributed by atoms with E-state index in [1.807, 2.05) is 0 Å². The highest BCUT2D eigenvalue weighted by molar-refractivity contribution is 7.71. The normalized spacial score (nSPS) is 9.30. The van der Waals surface area contributed by atoms with Crippen molar-refractivity contribution in [1.29, 1.82) is 0 Å². The van der Waals surface area contributed by atoms with Crippen molar-refractivity contribution in [3.8, 4) is 5.88 Å². The Bertz CT molecular complexity index is 260. The van der Waals surface area contributed by atoms with Gasteiger partial charge in [-0.3, -0.25) is 0 Å². The van der Waals surface area contributed by atoms with Crippen LogP contribution in [0.25, 0.3) is 0 Å². The molecule has 10 heavy (non-hydrogen) atoms. The van der Waals surface area contributed by atoms with Gasteiger partial charge in [-0.15, -0.1) is 0 Å². The molecule has 0 radical (unpaired) electrons. The second-order valence-electron chi connectivity index (χ2n) is 1.63. The van der Waals surface area contributed by atoms with Crippen molar-refractivity contribution in [2.24, 2.45) is 0 Å². The Balaban J connectivity index is 2.85. The molecule has 0 saturated heterocycles. The summed E-state index contributed by atoms with van der Waals surface area (Å²) < 4.78 is 5.57. The van der Waals surface area contributed by atoms with Crippen LogP contribution in [0.15, 0.2) is 18.2 Å². The zero-order chi connectivity index (χ0) is 7.40. The molecular formula is C6H6ClNOS. The van der Waals surface area contributed by atoms with Crippen molar-refractivity contribution in [2.45, 2.75) is 0 Å². The number of halogens is 1. The molecule has 4 heteroatoms. The molecule has 0 aromatic carbocycles. The Morgan fingerprint density at radius 1 is 1.60 bits per heavy atom. The van der Waals surface area contributed by atoms with Gasteiger partial charge in [0.15, 0.2) is 11.9 Å². The van der Waals surface area contributed by atoms with Crippen LogP contribution in [-0.4, -0.2) is 11.1 Å². The number of hydrogen-bond donors (Lipinski definition) is 1. The molecule has 0 aliphatic carbocycles. The first kappa shape index (κ1) is 7.57. The van der Waals surface area contributed by atoms with Crippen LogP contribution in [0.2, 0.25) is 0 Å². The third kappa shape index (κ3) is 2.01. The summed E-state index contributed by atoms with van der Waals surface area (Å²) in [5, 5.41) is 0. The van der Waals surface area contributed by atoms with E-state index < -0.39 is 0 Å². The quantitative estimate of drug-likeness (QED) is 0.551. The van der Waals surface area contributed by atoms with Gasteiger partial charge in [0.2, 0.25) is 0 Å². The van der Waals surface area contributed by atoms with E-state index in [0.717, 1.165) is 0 Å². The van der Waals surface area contributed by atoms with Gasteiger partial charge in [-0.05, 0) is 12.1 Å². The molecule has 0 bridgehead atoms. The first-order valence-corrected chi connectivity index (χ1v) is 3.65. The van der Waals surface area contributed by atoms with Crippen molar-refractivity contribution in [3.05, 3.63) is 22.8 Å². The third-order valence-electron chi connectivity index (χ3n) is 0.952. The van der Waals surface area contributed by atoms with E-state index in [2.05, 4.69) is 4.98 Å². The molecular weight excluding hydrogens is 170 g/mol. The Labute approximate surface area is 68.8 Å². The average molecular weight is 176 g/mol. The molecule has 1 N–H and O–H groups in total. The summed E-state index contributed by atoms with van der Waals surface area (Å²) in [5.41, 5.74) is 0. The van der Waals surface area contributed by atoms with Crippen molar-refractivity contribution < 1.29 is 4.74 Å². The second kappa shape index (κ2) is 3.58. The molecule has 54 valence electrons. The molecule has 0 aliphatic heterocycles. The van der Waals surface area contributed by atoms with E-state index in [1.165, 1.54) is 0 Å². The van der Waals surface area contributed by atoms with Crippen LogP contribution in [0.3, 0.4) is 0 Å². The molecule has 0 spiro atoms. The second-order valence-corrected chi connectivity index (χ2v) is 2.29. The minimum absolute atomic E-state index is 0.134. The lowest BCUT2D eigenvalue weighted by molar-refractivity contribution is 0.372. The molecule has 1 aromatic rings. The SMILES string of the molecule is S=c1cccc(OCCl)[nH]1. The summed E-state index contributed by atoms with van der Waals surface area (Å²) in [5.74, 6) is 0.600. The molecule has 0 aliphatic rings. The monoisotopic (exact) mass is 175 g/mol. The van der Waals surface area contributed by atoms with Crippen LogP contribution in [0.1, 0.15) is 0 Å². The van der Waals surface area contributed by atoms with E-state index in [1.54, 1.807) is 18.2 Å². The van der Waals surface area contributed by atoms with Crippen LogP contribution < -0.4 is 4.74 Å². The van der Waals surface area contributed by atoms with E-state index >= 15 is 0 Å². The van der Waals surface area contributed by atoms with Crippen molar-refractivity contribution in [3.63, 3.8) is 0 Å². The van der Waals surface area contributed by atoms with Crippen LogP contribution in [-0.2, 0) is 0 Å². The molecule has 0 saturated carbocycles. The molecule has 0 fully saturated rings.